The van der Waals surface area contributed by atoms with Crippen molar-refractivity contribution in [2.24, 2.45) is 0 Å². The summed E-state index contributed by atoms with van der Waals surface area (Å²) in [6, 6.07) is 13.3. The number of fused-ring (bicyclic) bond motifs is 3. The first-order valence-corrected chi connectivity index (χ1v) is 6.81. The minimum atomic E-state index is 0. The van der Waals surface area contributed by atoms with Gasteiger partial charge in [0.2, 0.25) is 0 Å². The molecule has 0 saturated heterocycles. The molecule has 0 fully saturated rings. The first-order valence-electron chi connectivity index (χ1n) is 6.81. The Labute approximate surface area is 141 Å². The second kappa shape index (κ2) is 6.57. The predicted octanol–water partition coefficient (Wildman–Crippen LogP) is 3.95. The summed E-state index contributed by atoms with van der Waals surface area (Å²) >= 11 is 0. The summed E-state index contributed by atoms with van der Waals surface area (Å²) in [5.74, 6) is 0. The van der Waals surface area contributed by atoms with E-state index in [1.165, 1.54) is 27.2 Å². The molecule has 98 valence electrons. The Morgan fingerprint density at radius 3 is 2.70 bits per heavy atom. The van der Waals surface area contributed by atoms with Crippen LogP contribution in [0.4, 0.5) is 5.69 Å². The van der Waals surface area contributed by atoms with Crippen molar-refractivity contribution >= 4 is 56.8 Å². The van der Waals surface area contributed by atoms with E-state index in [4.69, 9.17) is 0 Å². The van der Waals surface area contributed by atoms with Gasteiger partial charge in [-0.3, -0.25) is 4.98 Å². The van der Waals surface area contributed by atoms with Gasteiger partial charge in [0.05, 0.1) is 0 Å². The van der Waals surface area contributed by atoms with Gasteiger partial charge in [0, 0.05) is 34.9 Å². The first kappa shape index (κ1) is 15.3. The molecule has 2 nitrogen and oxygen atoms in total. The van der Waals surface area contributed by atoms with Crippen LogP contribution in [0.15, 0.2) is 48.8 Å². The molecule has 0 spiro atoms. The normalized spacial score (nSPS) is 12.1. The molecule has 3 rings (SSSR count). The predicted molar refractivity (Wildman–Crippen MR) is 89.8 cm³/mol. The van der Waals surface area contributed by atoms with Crippen molar-refractivity contribution in [1.29, 1.82) is 0 Å². The van der Waals surface area contributed by atoms with Crippen LogP contribution in [-0.2, 0) is 0 Å². The van der Waals surface area contributed by atoms with Gasteiger partial charge in [-0.1, -0.05) is 31.2 Å². The summed E-state index contributed by atoms with van der Waals surface area (Å²) in [5, 5.41) is 8.58. The molecule has 0 aliphatic rings. The molecule has 0 aliphatic carbocycles. The van der Waals surface area contributed by atoms with Crippen molar-refractivity contribution in [2.45, 2.75) is 26.3 Å². The fraction of sp³-hybridized carbons (Fsp3) is 0.235. The number of rotatable bonds is 3. The van der Waals surface area contributed by atoms with Crippen LogP contribution in [0.1, 0.15) is 20.3 Å². The Kier molecular flexibility index (Phi) is 5.03. The zero-order chi connectivity index (χ0) is 13.2. The van der Waals surface area contributed by atoms with Crippen LogP contribution in [0.2, 0.25) is 0 Å². The monoisotopic (exact) mass is 274 g/mol. The van der Waals surface area contributed by atoms with Gasteiger partial charge in [0.15, 0.2) is 0 Å². The molecular weight excluding hydrogens is 255 g/mol. The van der Waals surface area contributed by atoms with E-state index in [1.54, 1.807) is 0 Å². The SMILES string of the molecule is CCC(C)Nc1cc2ccccc2c2cnccc12.[NaH]. The molecule has 0 saturated carbocycles. The van der Waals surface area contributed by atoms with Gasteiger partial charge in [-0.15, -0.1) is 0 Å². The number of nitrogens with zero attached hydrogens (tertiary/aromatic N) is 1. The van der Waals surface area contributed by atoms with Crippen LogP contribution < -0.4 is 5.32 Å². The van der Waals surface area contributed by atoms with Crippen molar-refractivity contribution < 1.29 is 0 Å². The zero-order valence-corrected chi connectivity index (χ0v) is 11.4. The molecule has 0 amide bonds. The fourth-order valence-corrected chi connectivity index (χ4v) is 2.43. The summed E-state index contributed by atoms with van der Waals surface area (Å²) < 4.78 is 0. The summed E-state index contributed by atoms with van der Waals surface area (Å²) in [5.41, 5.74) is 1.20. The molecular formula is C17H19N2Na. The number of hydrogen-bond acceptors (Lipinski definition) is 2. The molecule has 1 N–H and O–H groups in total. The van der Waals surface area contributed by atoms with E-state index in [0.29, 0.717) is 6.04 Å². The van der Waals surface area contributed by atoms with Gasteiger partial charge < -0.3 is 5.32 Å². The molecule has 1 aromatic heterocycles. The Bertz CT molecular complexity index is 724. The van der Waals surface area contributed by atoms with E-state index in [1.807, 2.05) is 12.4 Å². The Balaban J connectivity index is 0.00000147. The number of hydrogen-bond donors (Lipinski definition) is 1. The molecule has 3 aromatic rings. The Morgan fingerprint density at radius 2 is 1.90 bits per heavy atom. The van der Waals surface area contributed by atoms with Gasteiger partial charge in [-0.2, -0.15) is 0 Å². The van der Waals surface area contributed by atoms with Crippen LogP contribution in [0.25, 0.3) is 21.5 Å². The van der Waals surface area contributed by atoms with Crippen LogP contribution in [-0.4, -0.2) is 40.6 Å². The second-order valence-electron chi connectivity index (χ2n) is 5.02. The molecule has 0 radical (unpaired) electrons. The second-order valence-corrected chi connectivity index (χ2v) is 5.02. The average molecular weight is 274 g/mol. The number of aromatic nitrogens is 1. The standard InChI is InChI=1S/C17H18N2.Na.H/c1-3-12(2)19-17-10-13-6-4-5-7-14(13)16-11-18-9-8-15(16)17;;/h4-12,19H,3H2,1-2H3;;. The third-order valence-corrected chi connectivity index (χ3v) is 3.68. The molecule has 0 aliphatic heterocycles. The van der Waals surface area contributed by atoms with E-state index >= 15 is 0 Å². The number of nitrogens with one attached hydrogen (secondary N) is 1. The molecule has 3 heteroatoms. The van der Waals surface area contributed by atoms with Gasteiger partial charge in [0.25, 0.3) is 0 Å². The van der Waals surface area contributed by atoms with Crippen LogP contribution in [0, 0.1) is 0 Å². The Hall–Kier alpha value is -1.09. The van der Waals surface area contributed by atoms with Gasteiger partial charge in [-0.25, -0.2) is 0 Å². The number of anilines is 1. The maximum atomic E-state index is 4.28. The minimum absolute atomic E-state index is 0. The van der Waals surface area contributed by atoms with E-state index in [0.717, 1.165) is 6.42 Å². The van der Waals surface area contributed by atoms with Crippen molar-refractivity contribution in [3.8, 4) is 0 Å². The van der Waals surface area contributed by atoms with Crippen LogP contribution in [0.3, 0.4) is 0 Å². The molecule has 20 heavy (non-hydrogen) atoms. The fourth-order valence-electron chi connectivity index (χ4n) is 2.43. The van der Waals surface area contributed by atoms with E-state index in [2.05, 4.69) is 60.5 Å². The van der Waals surface area contributed by atoms with Crippen LogP contribution >= 0.6 is 0 Å². The van der Waals surface area contributed by atoms with Gasteiger partial charge in [0.1, 0.15) is 0 Å². The third-order valence-electron chi connectivity index (χ3n) is 3.68. The maximum absolute atomic E-state index is 4.28. The summed E-state index contributed by atoms with van der Waals surface area (Å²) in [6.07, 6.45) is 4.93. The zero-order valence-electron chi connectivity index (χ0n) is 11.4. The average Bonchev–Trinajstić information content (AvgIpc) is 2.47. The number of benzene rings is 2. The van der Waals surface area contributed by atoms with Gasteiger partial charge in [-0.05, 0) is 36.2 Å². The van der Waals surface area contributed by atoms with Crippen molar-refractivity contribution in [3.63, 3.8) is 0 Å². The molecule has 2 aromatic carbocycles. The molecule has 1 unspecified atom stereocenters. The molecule has 1 atom stereocenters. The van der Waals surface area contributed by atoms with Crippen LogP contribution in [0.5, 0.6) is 0 Å². The van der Waals surface area contributed by atoms with Gasteiger partial charge >= 0.3 is 29.6 Å². The quantitative estimate of drug-likeness (QED) is 0.578. The Morgan fingerprint density at radius 1 is 1.10 bits per heavy atom. The van der Waals surface area contributed by atoms with Crippen molar-refractivity contribution in [3.05, 3.63) is 48.8 Å². The summed E-state index contributed by atoms with van der Waals surface area (Å²) in [4.78, 5) is 4.28. The molecule has 1 heterocycles. The topological polar surface area (TPSA) is 24.9 Å². The van der Waals surface area contributed by atoms with Crippen molar-refractivity contribution in [2.75, 3.05) is 5.32 Å². The molecule has 0 bridgehead atoms. The van der Waals surface area contributed by atoms with E-state index < -0.39 is 0 Å². The van der Waals surface area contributed by atoms with E-state index in [-0.39, 0.29) is 29.6 Å². The summed E-state index contributed by atoms with van der Waals surface area (Å²) in [7, 11) is 0. The summed E-state index contributed by atoms with van der Waals surface area (Å²) in [6.45, 7) is 4.41. The van der Waals surface area contributed by atoms with E-state index in [9.17, 15) is 0 Å². The third kappa shape index (κ3) is 2.83. The number of pyridine rings is 1. The van der Waals surface area contributed by atoms with Crippen molar-refractivity contribution in [1.82, 2.24) is 4.98 Å². The first-order chi connectivity index (χ1) is 9.29.